The van der Waals surface area contributed by atoms with E-state index in [1.807, 2.05) is 12.1 Å². The highest BCUT2D eigenvalue weighted by molar-refractivity contribution is 5.30. The molecular weight excluding hydrogens is 267 g/mol. The third kappa shape index (κ3) is 4.68. The minimum atomic E-state index is -0.220. The Kier molecular flexibility index (Phi) is 6.46. The number of nitrogens with zero attached hydrogens (tertiary/aromatic N) is 1. The first kappa shape index (κ1) is 16.2. The Bertz CT molecular complexity index is 433. The first-order valence-corrected chi connectivity index (χ1v) is 7.99. The summed E-state index contributed by atoms with van der Waals surface area (Å²) in [6, 6.07) is 5.40. The molecule has 1 aliphatic heterocycles. The van der Waals surface area contributed by atoms with E-state index in [0.717, 1.165) is 38.2 Å². The van der Waals surface area contributed by atoms with Gasteiger partial charge in [0.25, 0.3) is 0 Å². The molecule has 0 aromatic heterocycles. The maximum Gasteiger partial charge on any atom is 0.169 e. The highest BCUT2D eigenvalue weighted by Crippen LogP contribution is 2.22. The predicted molar refractivity (Wildman–Crippen MR) is 84.1 cm³/mol. The summed E-state index contributed by atoms with van der Waals surface area (Å²) in [6.45, 7) is 7.10. The molecule has 0 amide bonds. The topological polar surface area (TPSA) is 24.5 Å². The molecule has 1 aromatic carbocycles. The molecule has 2 rings (SSSR count). The quantitative estimate of drug-likeness (QED) is 0.836. The number of hydrogen-bond donors (Lipinski definition) is 1. The standard InChI is InChI=1S/C17H27FN2O/c1-3-10-20(12-14-6-5-9-19-11-14)13-15-7-4-8-16(21-2)17(15)18/h4,7-8,14,19H,3,5-6,9-13H2,1-2H3. The van der Waals surface area contributed by atoms with Crippen molar-refractivity contribution in [3.63, 3.8) is 0 Å². The summed E-state index contributed by atoms with van der Waals surface area (Å²) in [5.74, 6) is 0.796. The maximum absolute atomic E-state index is 14.3. The van der Waals surface area contributed by atoms with Crippen molar-refractivity contribution in [2.45, 2.75) is 32.7 Å². The molecule has 0 radical (unpaired) electrons. The van der Waals surface area contributed by atoms with Crippen molar-refractivity contribution in [1.82, 2.24) is 10.2 Å². The number of halogens is 1. The zero-order valence-electron chi connectivity index (χ0n) is 13.2. The number of ether oxygens (including phenoxy) is 1. The summed E-state index contributed by atoms with van der Waals surface area (Å²) in [4.78, 5) is 2.37. The maximum atomic E-state index is 14.3. The van der Waals surface area contributed by atoms with E-state index < -0.39 is 0 Å². The smallest absolute Gasteiger partial charge is 0.169 e. The molecule has 0 spiro atoms. The van der Waals surface area contributed by atoms with Gasteiger partial charge in [-0.25, -0.2) is 4.39 Å². The first-order chi connectivity index (χ1) is 10.2. The molecule has 1 aromatic rings. The molecule has 21 heavy (non-hydrogen) atoms. The second kappa shape index (κ2) is 8.35. The Hall–Kier alpha value is -1.13. The SMILES string of the molecule is CCCN(Cc1cccc(OC)c1F)CC1CCCNC1. The highest BCUT2D eigenvalue weighted by atomic mass is 19.1. The van der Waals surface area contributed by atoms with E-state index in [0.29, 0.717) is 18.2 Å². The third-order valence-electron chi connectivity index (χ3n) is 4.11. The minimum Gasteiger partial charge on any atom is -0.494 e. The lowest BCUT2D eigenvalue weighted by Crippen LogP contribution is -2.38. The van der Waals surface area contributed by atoms with E-state index in [9.17, 15) is 4.39 Å². The van der Waals surface area contributed by atoms with Crippen molar-refractivity contribution in [2.75, 3.05) is 33.3 Å². The number of methoxy groups -OCH3 is 1. The summed E-state index contributed by atoms with van der Waals surface area (Å²) < 4.78 is 19.4. The zero-order chi connectivity index (χ0) is 15.1. The van der Waals surface area contributed by atoms with Gasteiger partial charge in [0, 0.05) is 18.7 Å². The lowest BCUT2D eigenvalue weighted by atomic mass is 9.98. The molecule has 0 saturated carbocycles. The summed E-state index contributed by atoms with van der Waals surface area (Å²) in [6.07, 6.45) is 3.61. The van der Waals surface area contributed by atoms with Crippen LogP contribution in [0, 0.1) is 11.7 Å². The van der Waals surface area contributed by atoms with Crippen LogP contribution in [0.5, 0.6) is 5.75 Å². The first-order valence-electron chi connectivity index (χ1n) is 7.99. The monoisotopic (exact) mass is 294 g/mol. The molecule has 1 unspecified atom stereocenters. The van der Waals surface area contributed by atoms with Crippen LogP contribution < -0.4 is 10.1 Å². The van der Waals surface area contributed by atoms with Gasteiger partial charge in [0.1, 0.15) is 0 Å². The molecule has 4 heteroatoms. The fourth-order valence-corrected chi connectivity index (χ4v) is 3.07. The molecule has 1 fully saturated rings. The van der Waals surface area contributed by atoms with E-state index in [4.69, 9.17) is 4.74 Å². The molecule has 3 nitrogen and oxygen atoms in total. The predicted octanol–water partition coefficient (Wildman–Crippen LogP) is 3.05. The molecule has 1 N–H and O–H groups in total. The molecule has 0 bridgehead atoms. The Labute approximate surface area is 127 Å². The van der Waals surface area contributed by atoms with Gasteiger partial charge in [-0.3, -0.25) is 4.90 Å². The number of rotatable bonds is 7. The average Bonchev–Trinajstić information content (AvgIpc) is 2.50. The van der Waals surface area contributed by atoms with Crippen LogP contribution in [0.15, 0.2) is 18.2 Å². The van der Waals surface area contributed by atoms with Gasteiger partial charge < -0.3 is 10.1 Å². The summed E-state index contributed by atoms with van der Waals surface area (Å²) in [5.41, 5.74) is 0.728. The van der Waals surface area contributed by atoms with Crippen LogP contribution in [-0.4, -0.2) is 38.2 Å². The second-order valence-electron chi connectivity index (χ2n) is 5.88. The molecule has 118 valence electrons. The van der Waals surface area contributed by atoms with E-state index in [1.165, 1.54) is 20.0 Å². The molecule has 1 atom stereocenters. The number of benzene rings is 1. The van der Waals surface area contributed by atoms with E-state index >= 15 is 0 Å². The summed E-state index contributed by atoms with van der Waals surface area (Å²) >= 11 is 0. The molecule has 1 saturated heterocycles. The van der Waals surface area contributed by atoms with Crippen molar-refractivity contribution in [3.8, 4) is 5.75 Å². The Morgan fingerprint density at radius 2 is 2.29 bits per heavy atom. The van der Waals surface area contributed by atoms with E-state index in [1.54, 1.807) is 6.07 Å². The van der Waals surface area contributed by atoms with Crippen LogP contribution in [0.4, 0.5) is 4.39 Å². The molecule has 1 heterocycles. The summed E-state index contributed by atoms with van der Waals surface area (Å²) in [7, 11) is 1.51. The van der Waals surface area contributed by atoms with Crippen LogP contribution in [0.2, 0.25) is 0 Å². The van der Waals surface area contributed by atoms with Gasteiger partial charge in [0.05, 0.1) is 7.11 Å². The highest BCUT2D eigenvalue weighted by Gasteiger charge is 2.18. The van der Waals surface area contributed by atoms with Crippen LogP contribution in [0.3, 0.4) is 0 Å². The molecular formula is C17H27FN2O. The summed E-state index contributed by atoms with van der Waals surface area (Å²) in [5, 5.41) is 3.46. The fraction of sp³-hybridized carbons (Fsp3) is 0.647. The average molecular weight is 294 g/mol. The van der Waals surface area contributed by atoms with Gasteiger partial charge in [-0.05, 0) is 50.9 Å². The normalized spacial score (nSPS) is 19.0. The van der Waals surface area contributed by atoms with Gasteiger partial charge in [0.15, 0.2) is 11.6 Å². The van der Waals surface area contributed by atoms with Gasteiger partial charge in [0.2, 0.25) is 0 Å². The zero-order valence-corrected chi connectivity index (χ0v) is 13.2. The molecule has 1 aliphatic rings. The van der Waals surface area contributed by atoms with Crippen molar-refractivity contribution >= 4 is 0 Å². The Morgan fingerprint density at radius 1 is 1.43 bits per heavy atom. The van der Waals surface area contributed by atoms with Crippen molar-refractivity contribution in [3.05, 3.63) is 29.6 Å². The third-order valence-corrected chi connectivity index (χ3v) is 4.11. The van der Waals surface area contributed by atoms with Gasteiger partial charge in [-0.2, -0.15) is 0 Å². The second-order valence-corrected chi connectivity index (χ2v) is 5.88. The van der Waals surface area contributed by atoms with Crippen LogP contribution in [0.1, 0.15) is 31.7 Å². The van der Waals surface area contributed by atoms with E-state index in [2.05, 4.69) is 17.1 Å². The lowest BCUT2D eigenvalue weighted by Gasteiger charge is -2.30. The molecule has 0 aliphatic carbocycles. The van der Waals surface area contributed by atoms with Crippen molar-refractivity contribution in [2.24, 2.45) is 5.92 Å². The number of hydrogen-bond acceptors (Lipinski definition) is 3. The van der Waals surface area contributed by atoms with Gasteiger partial charge in [-0.1, -0.05) is 19.1 Å². The van der Waals surface area contributed by atoms with Crippen LogP contribution in [0.25, 0.3) is 0 Å². The van der Waals surface area contributed by atoms with Gasteiger partial charge in [-0.15, -0.1) is 0 Å². The van der Waals surface area contributed by atoms with Crippen molar-refractivity contribution < 1.29 is 9.13 Å². The largest absolute Gasteiger partial charge is 0.494 e. The van der Waals surface area contributed by atoms with Crippen LogP contribution in [-0.2, 0) is 6.54 Å². The number of piperidine rings is 1. The van der Waals surface area contributed by atoms with Gasteiger partial charge >= 0.3 is 0 Å². The van der Waals surface area contributed by atoms with Crippen LogP contribution >= 0.6 is 0 Å². The Balaban J connectivity index is 2.01. The lowest BCUT2D eigenvalue weighted by molar-refractivity contribution is 0.199. The fourth-order valence-electron chi connectivity index (χ4n) is 3.07. The Morgan fingerprint density at radius 3 is 2.95 bits per heavy atom. The van der Waals surface area contributed by atoms with Crippen molar-refractivity contribution in [1.29, 1.82) is 0 Å². The van der Waals surface area contributed by atoms with E-state index in [-0.39, 0.29) is 5.82 Å². The number of nitrogens with one attached hydrogen (secondary N) is 1. The minimum absolute atomic E-state index is 0.220.